The van der Waals surface area contributed by atoms with Crippen LogP contribution in [-0.2, 0) is 0 Å². The van der Waals surface area contributed by atoms with Crippen LogP contribution in [0.5, 0.6) is 0 Å². The summed E-state index contributed by atoms with van der Waals surface area (Å²) in [6, 6.07) is 5.58. The fraction of sp³-hybridized carbons (Fsp3) is 0.125. The Morgan fingerprint density at radius 2 is 2.21 bits per heavy atom. The van der Waals surface area contributed by atoms with Crippen molar-refractivity contribution in [3.8, 4) is 5.69 Å². The molecular weight excluding hydrogens is 246 g/mol. The number of aryl methyl sites for hydroxylation is 1. The number of tetrazole rings is 1. The Labute approximate surface area is 89.0 Å². The SMILES string of the molecule is Cc1nnnn1-c1ccc(Br)cc1N. The Balaban J connectivity index is 2.58. The Kier molecular flexibility index (Phi) is 2.20. The summed E-state index contributed by atoms with van der Waals surface area (Å²) in [4.78, 5) is 0. The van der Waals surface area contributed by atoms with E-state index in [-0.39, 0.29) is 0 Å². The lowest BCUT2D eigenvalue weighted by atomic mass is 10.3. The summed E-state index contributed by atoms with van der Waals surface area (Å²) in [6.45, 7) is 1.82. The van der Waals surface area contributed by atoms with Gasteiger partial charge >= 0.3 is 0 Å². The molecule has 0 aliphatic rings. The van der Waals surface area contributed by atoms with Crippen molar-refractivity contribution < 1.29 is 0 Å². The molecular formula is C8H8BrN5. The minimum absolute atomic E-state index is 0.634. The topological polar surface area (TPSA) is 69.6 Å². The smallest absolute Gasteiger partial charge is 0.153 e. The number of anilines is 1. The monoisotopic (exact) mass is 253 g/mol. The molecule has 0 radical (unpaired) electrons. The first-order valence-corrected chi connectivity index (χ1v) is 4.78. The largest absolute Gasteiger partial charge is 0.397 e. The average Bonchev–Trinajstić information content (AvgIpc) is 2.52. The molecule has 0 saturated carbocycles. The second kappa shape index (κ2) is 3.38. The van der Waals surface area contributed by atoms with Crippen LogP contribution in [0, 0.1) is 6.92 Å². The second-order valence-electron chi connectivity index (χ2n) is 2.84. The molecule has 14 heavy (non-hydrogen) atoms. The van der Waals surface area contributed by atoms with Crippen LogP contribution in [0.1, 0.15) is 5.82 Å². The molecule has 0 bridgehead atoms. The summed E-state index contributed by atoms with van der Waals surface area (Å²) < 4.78 is 2.53. The maximum Gasteiger partial charge on any atom is 0.153 e. The van der Waals surface area contributed by atoms with Crippen molar-refractivity contribution in [1.29, 1.82) is 0 Å². The maximum atomic E-state index is 5.84. The molecule has 0 aliphatic heterocycles. The Hall–Kier alpha value is -1.43. The predicted molar refractivity (Wildman–Crippen MR) is 56.0 cm³/mol. The van der Waals surface area contributed by atoms with E-state index < -0.39 is 0 Å². The number of nitrogen functional groups attached to an aromatic ring is 1. The number of hydrogen-bond acceptors (Lipinski definition) is 4. The van der Waals surface area contributed by atoms with E-state index in [2.05, 4.69) is 31.5 Å². The Morgan fingerprint density at radius 1 is 1.43 bits per heavy atom. The third-order valence-electron chi connectivity index (χ3n) is 1.84. The van der Waals surface area contributed by atoms with Crippen molar-refractivity contribution in [3.05, 3.63) is 28.5 Å². The van der Waals surface area contributed by atoms with Gasteiger partial charge in [0.15, 0.2) is 5.82 Å². The zero-order valence-corrected chi connectivity index (χ0v) is 9.06. The summed E-state index contributed by atoms with van der Waals surface area (Å²) >= 11 is 3.34. The first-order chi connectivity index (χ1) is 6.68. The third-order valence-corrected chi connectivity index (χ3v) is 2.34. The van der Waals surface area contributed by atoms with Gasteiger partial charge in [0, 0.05) is 4.47 Å². The first-order valence-electron chi connectivity index (χ1n) is 3.99. The highest BCUT2D eigenvalue weighted by Crippen LogP contribution is 2.21. The zero-order chi connectivity index (χ0) is 10.1. The number of aromatic nitrogens is 4. The van der Waals surface area contributed by atoms with Crippen LogP contribution in [0.4, 0.5) is 5.69 Å². The standard InChI is InChI=1S/C8H8BrN5/c1-5-11-12-13-14(5)8-3-2-6(9)4-7(8)10/h2-4H,10H2,1H3. The molecule has 1 aromatic heterocycles. The van der Waals surface area contributed by atoms with Crippen molar-refractivity contribution in [2.75, 3.05) is 5.73 Å². The number of benzene rings is 1. The van der Waals surface area contributed by atoms with Crippen molar-refractivity contribution >= 4 is 21.6 Å². The van der Waals surface area contributed by atoms with E-state index in [9.17, 15) is 0 Å². The van der Waals surface area contributed by atoms with E-state index in [4.69, 9.17) is 5.73 Å². The highest BCUT2D eigenvalue weighted by Gasteiger charge is 2.06. The van der Waals surface area contributed by atoms with Gasteiger partial charge < -0.3 is 5.73 Å². The second-order valence-corrected chi connectivity index (χ2v) is 3.76. The van der Waals surface area contributed by atoms with E-state index in [1.165, 1.54) is 0 Å². The number of nitrogens with two attached hydrogens (primary N) is 1. The Morgan fingerprint density at radius 3 is 2.79 bits per heavy atom. The van der Waals surface area contributed by atoms with Crippen LogP contribution in [0.3, 0.4) is 0 Å². The van der Waals surface area contributed by atoms with Gasteiger partial charge in [-0.25, -0.2) is 0 Å². The molecule has 72 valence electrons. The lowest BCUT2D eigenvalue weighted by Crippen LogP contribution is -2.03. The van der Waals surface area contributed by atoms with Gasteiger partial charge in [-0.05, 0) is 35.5 Å². The molecule has 0 saturated heterocycles. The summed E-state index contributed by atoms with van der Waals surface area (Å²) in [7, 11) is 0. The van der Waals surface area contributed by atoms with Gasteiger partial charge in [-0.2, -0.15) is 4.68 Å². The van der Waals surface area contributed by atoms with Crippen molar-refractivity contribution in [2.45, 2.75) is 6.92 Å². The van der Waals surface area contributed by atoms with Gasteiger partial charge in [-0.15, -0.1) is 5.10 Å². The molecule has 5 nitrogen and oxygen atoms in total. The predicted octanol–water partition coefficient (Wildman–Crippen LogP) is 1.32. The summed E-state index contributed by atoms with van der Waals surface area (Å²) in [6.07, 6.45) is 0. The molecule has 1 aromatic carbocycles. The first kappa shape index (κ1) is 9.14. The minimum atomic E-state index is 0.634. The van der Waals surface area contributed by atoms with Crippen LogP contribution in [0.2, 0.25) is 0 Å². The van der Waals surface area contributed by atoms with E-state index in [1.807, 2.05) is 25.1 Å². The number of hydrogen-bond donors (Lipinski definition) is 1. The fourth-order valence-corrected chi connectivity index (χ4v) is 1.55. The van der Waals surface area contributed by atoms with E-state index in [1.54, 1.807) is 4.68 Å². The molecule has 0 atom stereocenters. The molecule has 0 fully saturated rings. The molecule has 0 spiro atoms. The van der Waals surface area contributed by atoms with Crippen molar-refractivity contribution in [1.82, 2.24) is 20.2 Å². The van der Waals surface area contributed by atoms with Gasteiger partial charge in [-0.1, -0.05) is 15.9 Å². The van der Waals surface area contributed by atoms with Crippen LogP contribution in [-0.4, -0.2) is 20.2 Å². The molecule has 1 heterocycles. The quantitative estimate of drug-likeness (QED) is 0.779. The lowest BCUT2D eigenvalue weighted by Gasteiger charge is -2.05. The highest BCUT2D eigenvalue weighted by molar-refractivity contribution is 9.10. The third kappa shape index (κ3) is 1.48. The average molecular weight is 254 g/mol. The van der Waals surface area contributed by atoms with Gasteiger partial charge in [-0.3, -0.25) is 0 Å². The van der Waals surface area contributed by atoms with Crippen molar-refractivity contribution in [3.63, 3.8) is 0 Å². The molecule has 2 aromatic rings. The van der Waals surface area contributed by atoms with E-state index >= 15 is 0 Å². The maximum absolute atomic E-state index is 5.84. The van der Waals surface area contributed by atoms with Crippen LogP contribution >= 0.6 is 15.9 Å². The van der Waals surface area contributed by atoms with Gasteiger partial charge in [0.05, 0.1) is 11.4 Å². The van der Waals surface area contributed by atoms with Gasteiger partial charge in [0.25, 0.3) is 0 Å². The van der Waals surface area contributed by atoms with Gasteiger partial charge in [0.1, 0.15) is 0 Å². The van der Waals surface area contributed by atoms with E-state index in [0.29, 0.717) is 11.5 Å². The summed E-state index contributed by atoms with van der Waals surface area (Å²) in [5, 5.41) is 11.2. The van der Waals surface area contributed by atoms with Crippen LogP contribution < -0.4 is 5.73 Å². The minimum Gasteiger partial charge on any atom is -0.397 e. The number of nitrogens with zero attached hydrogens (tertiary/aromatic N) is 4. The molecule has 0 unspecified atom stereocenters. The number of rotatable bonds is 1. The highest BCUT2D eigenvalue weighted by atomic mass is 79.9. The van der Waals surface area contributed by atoms with Crippen molar-refractivity contribution in [2.24, 2.45) is 0 Å². The Bertz CT molecular complexity index is 465. The van der Waals surface area contributed by atoms with Gasteiger partial charge in [0.2, 0.25) is 0 Å². The van der Waals surface area contributed by atoms with Crippen LogP contribution in [0.25, 0.3) is 5.69 Å². The number of halogens is 1. The normalized spacial score (nSPS) is 10.4. The molecule has 0 amide bonds. The summed E-state index contributed by atoms with van der Waals surface area (Å²) in [5.41, 5.74) is 7.26. The lowest BCUT2D eigenvalue weighted by molar-refractivity contribution is 0.781. The molecule has 2 rings (SSSR count). The fourth-order valence-electron chi connectivity index (χ4n) is 1.17. The molecule has 0 aliphatic carbocycles. The van der Waals surface area contributed by atoms with E-state index in [0.717, 1.165) is 10.2 Å². The molecule has 2 N–H and O–H groups in total. The molecule has 6 heteroatoms. The summed E-state index contributed by atoms with van der Waals surface area (Å²) in [5.74, 6) is 0.707. The zero-order valence-electron chi connectivity index (χ0n) is 7.48. The van der Waals surface area contributed by atoms with Crippen LogP contribution in [0.15, 0.2) is 22.7 Å².